The molecule has 1 aromatic carbocycles. The number of aromatic nitrogens is 2. The van der Waals surface area contributed by atoms with Gasteiger partial charge in [-0.3, -0.25) is 4.68 Å². The Balaban J connectivity index is 1.73. The molecule has 0 fully saturated rings. The SMILES string of the molecule is Cc1cc(C)cc(NC(=S)NCCCn2nccc2C)c1. The lowest BCUT2D eigenvalue weighted by molar-refractivity contribution is 0.561. The highest BCUT2D eigenvalue weighted by molar-refractivity contribution is 7.80. The van der Waals surface area contributed by atoms with Gasteiger partial charge < -0.3 is 10.6 Å². The monoisotopic (exact) mass is 302 g/mol. The molecule has 2 N–H and O–H groups in total. The van der Waals surface area contributed by atoms with E-state index < -0.39 is 0 Å². The molecule has 112 valence electrons. The van der Waals surface area contributed by atoms with Gasteiger partial charge in [-0.1, -0.05) is 6.07 Å². The molecule has 2 aromatic rings. The zero-order valence-corrected chi connectivity index (χ0v) is 13.6. The largest absolute Gasteiger partial charge is 0.362 e. The molecule has 0 aliphatic rings. The second-order valence-electron chi connectivity index (χ2n) is 5.31. The van der Waals surface area contributed by atoms with Crippen LogP contribution < -0.4 is 10.6 Å². The molecule has 0 amide bonds. The van der Waals surface area contributed by atoms with Crippen LogP contribution in [0.2, 0.25) is 0 Å². The first-order valence-electron chi connectivity index (χ1n) is 7.16. The van der Waals surface area contributed by atoms with Gasteiger partial charge in [-0.05, 0) is 68.7 Å². The van der Waals surface area contributed by atoms with Gasteiger partial charge in [0.1, 0.15) is 0 Å². The van der Waals surface area contributed by atoms with Crippen molar-refractivity contribution in [3.05, 3.63) is 47.3 Å². The number of nitrogens with one attached hydrogen (secondary N) is 2. The van der Waals surface area contributed by atoms with Crippen molar-refractivity contribution in [2.45, 2.75) is 33.7 Å². The first-order chi connectivity index (χ1) is 10.0. The maximum atomic E-state index is 5.32. The Morgan fingerprint density at radius 3 is 2.52 bits per heavy atom. The molecule has 0 spiro atoms. The summed E-state index contributed by atoms with van der Waals surface area (Å²) in [7, 11) is 0. The lowest BCUT2D eigenvalue weighted by Gasteiger charge is -2.12. The van der Waals surface area contributed by atoms with E-state index in [1.807, 2.05) is 16.9 Å². The van der Waals surface area contributed by atoms with Crippen molar-refractivity contribution < 1.29 is 0 Å². The van der Waals surface area contributed by atoms with Crippen molar-refractivity contribution >= 4 is 23.0 Å². The average molecular weight is 302 g/mol. The second-order valence-corrected chi connectivity index (χ2v) is 5.71. The van der Waals surface area contributed by atoms with E-state index >= 15 is 0 Å². The van der Waals surface area contributed by atoms with E-state index in [2.05, 4.69) is 54.7 Å². The summed E-state index contributed by atoms with van der Waals surface area (Å²) in [5, 5.41) is 11.4. The van der Waals surface area contributed by atoms with Crippen LogP contribution in [0.4, 0.5) is 5.69 Å². The van der Waals surface area contributed by atoms with E-state index in [-0.39, 0.29) is 0 Å². The van der Waals surface area contributed by atoms with Crippen LogP contribution in [0, 0.1) is 20.8 Å². The third-order valence-corrected chi connectivity index (χ3v) is 3.49. The lowest BCUT2D eigenvalue weighted by atomic mass is 10.1. The number of anilines is 1. The van der Waals surface area contributed by atoms with Crippen LogP contribution >= 0.6 is 12.2 Å². The highest BCUT2D eigenvalue weighted by atomic mass is 32.1. The first-order valence-corrected chi connectivity index (χ1v) is 7.57. The number of nitrogens with zero attached hydrogens (tertiary/aromatic N) is 2. The van der Waals surface area contributed by atoms with Crippen molar-refractivity contribution in [2.75, 3.05) is 11.9 Å². The Morgan fingerprint density at radius 1 is 1.19 bits per heavy atom. The van der Waals surface area contributed by atoms with Crippen LogP contribution in [-0.4, -0.2) is 21.4 Å². The van der Waals surface area contributed by atoms with E-state index in [0.717, 1.165) is 25.2 Å². The van der Waals surface area contributed by atoms with Crippen molar-refractivity contribution in [3.63, 3.8) is 0 Å². The average Bonchev–Trinajstić information content (AvgIpc) is 2.79. The van der Waals surface area contributed by atoms with E-state index in [0.29, 0.717) is 5.11 Å². The molecule has 0 saturated heterocycles. The number of rotatable bonds is 5. The predicted molar refractivity (Wildman–Crippen MR) is 91.7 cm³/mol. The van der Waals surface area contributed by atoms with Gasteiger partial charge in [-0.15, -0.1) is 0 Å². The Hall–Kier alpha value is -1.88. The van der Waals surface area contributed by atoms with Gasteiger partial charge in [-0.25, -0.2) is 0 Å². The summed E-state index contributed by atoms with van der Waals surface area (Å²) in [5.41, 5.74) is 4.68. The van der Waals surface area contributed by atoms with Gasteiger partial charge in [-0.2, -0.15) is 5.10 Å². The summed E-state index contributed by atoms with van der Waals surface area (Å²) in [6, 6.07) is 8.34. The molecule has 0 unspecified atom stereocenters. The van der Waals surface area contributed by atoms with Gasteiger partial charge in [0.2, 0.25) is 0 Å². The summed E-state index contributed by atoms with van der Waals surface area (Å²) in [6.07, 6.45) is 2.81. The van der Waals surface area contributed by atoms with Crippen molar-refractivity contribution in [3.8, 4) is 0 Å². The third-order valence-electron chi connectivity index (χ3n) is 3.24. The van der Waals surface area contributed by atoms with Gasteiger partial charge in [0.25, 0.3) is 0 Å². The first kappa shape index (κ1) is 15.5. The molecule has 0 bridgehead atoms. The Morgan fingerprint density at radius 2 is 1.90 bits per heavy atom. The maximum Gasteiger partial charge on any atom is 0.170 e. The molecule has 4 nitrogen and oxygen atoms in total. The molecule has 0 saturated carbocycles. The summed E-state index contributed by atoms with van der Waals surface area (Å²) >= 11 is 5.32. The van der Waals surface area contributed by atoms with Crippen LogP contribution in [0.3, 0.4) is 0 Å². The van der Waals surface area contributed by atoms with Gasteiger partial charge in [0, 0.05) is 30.7 Å². The van der Waals surface area contributed by atoms with Crippen LogP contribution in [-0.2, 0) is 6.54 Å². The van der Waals surface area contributed by atoms with Crippen LogP contribution in [0.25, 0.3) is 0 Å². The molecule has 0 aliphatic heterocycles. The Bertz CT molecular complexity index is 598. The number of hydrogen-bond donors (Lipinski definition) is 2. The third kappa shape index (κ3) is 4.86. The summed E-state index contributed by atoms with van der Waals surface area (Å²) < 4.78 is 2.00. The Kier molecular flexibility index (Phi) is 5.33. The fourth-order valence-electron chi connectivity index (χ4n) is 2.29. The summed E-state index contributed by atoms with van der Waals surface area (Å²) in [6.45, 7) is 7.96. The number of thiocarbonyl (C=S) groups is 1. The van der Waals surface area contributed by atoms with Crippen molar-refractivity contribution in [2.24, 2.45) is 0 Å². The zero-order valence-electron chi connectivity index (χ0n) is 12.8. The fraction of sp³-hybridized carbons (Fsp3) is 0.375. The lowest BCUT2D eigenvalue weighted by Crippen LogP contribution is -2.29. The quantitative estimate of drug-likeness (QED) is 0.657. The van der Waals surface area contributed by atoms with E-state index in [1.165, 1.54) is 16.8 Å². The molecule has 21 heavy (non-hydrogen) atoms. The van der Waals surface area contributed by atoms with Crippen LogP contribution in [0.5, 0.6) is 0 Å². The molecule has 0 radical (unpaired) electrons. The normalized spacial score (nSPS) is 10.4. The smallest absolute Gasteiger partial charge is 0.170 e. The standard InChI is InChI=1S/C16H22N4S/c1-12-9-13(2)11-15(10-12)19-16(21)17-6-4-8-20-14(3)5-7-18-20/h5,7,9-11H,4,6,8H2,1-3H3,(H2,17,19,21). The van der Waals surface area contributed by atoms with Gasteiger partial charge in [0.05, 0.1) is 0 Å². The molecule has 1 heterocycles. The number of aryl methyl sites for hydroxylation is 4. The molecular formula is C16H22N4S. The van der Waals surface area contributed by atoms with Crippen LogP contribution in [0.1, 0.15) is 23.2 Å². The Labute approximate surface area is 131 Å². The predicted octanol–water partition coefficient (Wildman–Crippen LogP) is 3.19. The molecule has 1 aromatic heterocycles. The maximum absolute atomic E-state index is 5.32. The second kappa shape index (κ2) is 7.22. The summed E-state index contributed by atoms with van der Waals surface area (Å²) in [5.74, 6) is 0. The number of hydrogen-bond acceptors (Lipinski definition) is 2. The topological polar surface area (TPSA) is 41.9 Å². The molecule has 2 rings (SSSR count). The number of benzene rings is 1. The molecule has 0 atom stereocenters. The minimum Gasteiger partial charge on any atom is -0.362 e. The van der Waals surface area contributed by atoms with E-state index in [4.69, 9.17) is 12.2 Å². The van der Waals surface area contributed by atoms with Crippen molar-refractivity contribution in [1.29, 1.82) is 0 Å². The van der Waals surface area contributed by atoms with E-state index in [1.54, 1.807) is 0 Å². The van der Waals surface area contributed by atoms with Crippen LogP contribution in [0.15, 0.2) is 30.5 Å². The van der Waals surface area contributed by atoms with E-state index in [9.17, 15) is 0 Å². The minimum atomic E-state index is 0.664. The minimum absolute atomic E-state index is 0.664. The molecular weight excluding hydrogens is 280 g/mol. The highest BCUT2D eigenvalue weighted by Gasteiger charge is 2.00. The molecule has 5 heteroatoms. The van der Waals surface area contributed by atoms with Gasteiger partial charge in [0.15, 0.2) is 5.11 Å². The highest BCUT2D eigenvalue weighted by Crippen LogP contribution is 2.13. The summed E-state index contributed by atoms with van der Waals surface area (Å²) in [4.78, 5) is 0. The van der Waals surface area contributed by atoms with Crippen molar-refractivity contribution in [1.82, 2.24) is 15.1 Å². The molecule has 0 aliphatic carbocycles. The fourth-order valence-corrected chi connectivity index (χ4v) is 2.51. The van der Waals surface area contributed by atoms with Gasteiger partial charge >= 0.3 is 0 Å². The zero-order chi connectivity index (χ0) is 15.2.